The maximum atomic E-state index is 12.3. The Bertz CT molecular complexity index is 693. The average Bonchev–Trinajstić information content (AvgIpc) is 2.41. The van der Waals surface area contributed by atoms with Gasteiger partial charge in [-0.1, -0.05) is 22.0 Å². The smallest absolute Gasteiger partial charge is 0.200 e. The van der Waals surface area contributed by atoms with Crippen molar-refractivity contribution in [3.8, 4) is 5.75 Å². The van der Waals surface area contributed by atoms with Crippen molar-refractivity contribution in [1.82, 2.24) is 0 Å². The molecule has 0 fully saturated rings. The van der Waals surface area contributed by atoms with Crippen LogP contribution in [0.25, 0.3) is 0 Å². The molecule has 0 aliphatic carbocycles. The van der Waals surface area contributed by atoms with E-state index in [1.165, 1.54) is 5.56 Å². The second kappa shape index (κ2) is 6.75. The van der Waals surface area contributed by atoms with Crippen LogP contribution in [0.3, 0.4) is 0 Å². The van der Waals surface area contributed by atoms with Gasteiger partial charge in [0.25, 0.3) is 0 Å². The predicted molar refractivity (Wildman–Crippen MR) is 92.3 cm³/mol. The molecule has 2 nitrogen and oxygen atoms in total. The number of Topliss-reactive ketones (excluding diaryl/α,β-unsaturated/α-hetero) is 1. The van der Waals surface area contributed by atoms with E-state index in [4.69, 9.17) is 4.74 Å². The number of carbonyl (C=O) groups is 1. The predicted octanol–water partition coefficient (Wildman–Crippen LogP) is 5.40. The number of ketones is 1. The quantitative estimate of drug-likeness (QED) is 0.629. The number of hydrogen-bond acceptors (Lipinski definition) is 2. The molecule has 0 radical (unpaired) electrons. The lowest BCUT2D eigenvalue weighted by molar-refractivity contribution is 0.0920. The van der Waals surface area contributed by atoms with Crippen LogP contribution in [0.1, 0.15) is 27.0 Å². The van der Waals surface area contributed by atoms with Gasteiger partial charge in [-0.2, -0.15) is 0 Å². The monoisotopic (exact) mass is 410 g/mol. The molecule has 0 spiro atoms. The van der Waals surface area contributed by atoms with E-state index in [9.17, 15) is 4.79 Å². The van der Waals surface area contributed by atoms with E-state index in [0.29, 0.717) is 5.75 Å². The average molecular weight is 412 g/mol. The largest absolute Gasteiger partial charge is 0.484 e. The summed E-state index contributed by atoms with van der Waals surface area (Å²) >= 11 is 6.81. The Morgan fingerprint density at radius 3 is 2.33 bits per heavy atom. The minimum absolute atomic E-state index is 0.00887. The molecule has 110 valence electrons. The number of benzene rings is 2. The van der Waals surface area contributed by atoms with Gasteiger partial charge in [-0.15, -0.1) is 0 Å². The van der Waals surface area contributed by atoms with Crippen LogP contribution in [0, 0.1) is 20.8 Å². The zero-order chi connectivity index (χ0) is 15.6. The number of ether oxygens (including phenoxy) is 1. The maximum Gasteiger partial charge on any atom is 0.200 e. The third kappa shape index (κ3) is 3.95. The van der Waals surface area contributed by atoms with Crippen molar-refractivity contribution in [2.75, 3.05) is 6.61 Å². The highest BCUT2D eigenvalue weighted by Crippen LogP contribution is 2.28. The van der Waals surface area contributed by atoms with Crippen LogP contribution in [0.2, 0.25) is 0 Å². The van der Waals surface area contributed by atoms with E-state index in [-0.39, 0.29) is 12.4 Å². The van der Waals surface area contributed by atoms with Crippen molar-refractivity contribution in [2.24, 2.45) is 0 Å². The summed E-state index contributed by atoms with van der Waals surface area (Å²) in [6.45, 7) is 6.04. The zero-order valence-corrected chi connectivity index (χ0v) is 15.3. The van der Waals surface area contributed by atoms with Gasteiger partial charge in [-0.25, -0.2) is 0 Å². The molecule has 0 aliphatic rings. The molecule has 0 aromatic heterocycles. The molecule has 0 atom stereocenters. The summed E-state index contributed by atoms with van der Waals surface area (Å²) in [5.74, 6) is 0.651. The van der Waals surface area contributed by atoms with Crippen LogP contribution in [-0.2, 0) is 0 Å². The Balaban J connectivity index is 2.13. The summed E-state index contributed by atoms with van der Waals surface area (Å²) in [6.07, 6.45) is 0. The summed E-state index contributed by atoms with van der Waals surface area (Å²) < 4.78 is 7.39. The minimum Gasteiger partial charge on any atom is -0.484 e. The SMILES string of the molecule is Cc1cc(C)c(C(=O)COc2ccc(Br)cc2Br)cc1C. The van der Waals surface area contributed by atoms with E-state index < -0.39 is 0 Å². The highest BCUT2D eigenvalue weighted by molar-refractivity contribution is 9.11. The summed E-state index contributed by atoms with van der Waals surface area (Å²) in [5, 5.41) is 0. The van der Waals surface area contributed by atoms with Crippen LogP contribution in [0.4, 0.5) is 0 Å². The summed E-state index contributed by atoms with van der Waals surface area (Å²) in [5.41, 5.74) is 4.03. The van der Waals surface area contributed by atoms with Crippen LogP contribution >= 0.6 is 31.9 Å². The molecule has 0 aliphatic heterocycles. The van der Waals surface area contributed by atoms with Gasteiger partial charge < -0.3 is 4.74 Å². The highest BCUT2D eigenvalue weighted by Gasteiger charge is 2.12. The topological polar surface area (TPSA) is 26.3 Å². The molecule has 2 aromatic rings. The Hall–Kier alpha value is -1.13. The molecule has 0 bridgehead atoms. The molecule has 0 amide bonds. The van der Waals surface area contributed by atoms with Crippen LogP contribution in [0.15, 0.2) is 39.3 Å². The first-order valence-corrected chi connectivity index (χ1v) is 8.16. The fourth-order valence-electron chi connectivity index (χ4n) is 2.07. The van der Waals surface area contributed by atoms with E-state index in [2.05, 4.69) is 31.9 Å². The molecule has 0 N–H and O–H groups in total. The summed E-state index contributed by atoms with van der Waals surface area (Å²) in [4.78, 5) is 12.3. The Morgan fingerprint density at radius 2 is 1.67 bits per heavy atom. The van der Waals surface area contributed by atoms with Gasteiger partial charge in [0, 0.05) is 10.0 Å². The second-order valence-corrected chi connectivity index (χ2v) is 6.81. The molecule has 0 unspecified atom stereocenters. The van der Waals surface area contributed by atoms with E-state index in [0.717, 1.165) is 25.6 Å². The molecular weight excluding hydrogens is 396 g/mol. The lowest BCUT2D eigenvalue weighted by Gasteiger charge is -2.11. The lowest BCUT2D eigenvalue weighted by atomic mass is 9.98. The third-order valence-corrected chi connectivity index (χ3v) is 4.51. The van der Waals surface area contributed by atoms with Gasteiger partial charge >= 0.3 is 0 Å². The Labute approximate surface area is 141 Å². The van der Waals surface area contributed by atoms with Crippen molar-refractivity contribution in [3.05, 3.63) is 61.5 Å². The first-order valence-electron chi connectivity index (χ1n) is 6.57. The van der Waals surface area contributed by atoms with Crippen molar-refractivity contribution in [2.45, 2.75) is 20.8 Å². The fraction of sp³-hybridized carbons (Fsp3) is 0.235. The normalized spacial score (nSPS) is 10.5. The zero-order valence-electron chi connectivity index (χ0n) is 12.2. The van der Waals surface area contributed by atoms with Crippen LogP contribution < -0.4 is 4.74 Å². The standard InChI is InChI=1S/C17H16Br2O2/c1-10-6-12(3)14(7-11(10)2)16(20)9-21-17-5-4-13(18)8-15(17)19/h4-8H,9H2,1-3H3. The maximum absolute atomic E-state index is 12.3. The van der Waals surface area contributed by atoms with E-state index >= 15 is 0 Å². The molecule has 2 rings (SSSR count). The molecule has 0 heterocycles. The van der Waals surface area contributed by atoms with Crippen molar-refractivity contribution in [3.63, 3.8) is 0 Å². The van der Waals surface area contributed by atoms with Gasteiger partial charge in [0.1, 0.15) is 5.75 Å². The first kappa shape index (κ1) is 16.2. The molecule has 0 saturated heterocycles. The fourth-order valence-corrected chi connectivity index (χ4v) is 3.24. The summed E-state index contributed by atoms with van der Waals surface area (Å²) in [6, 6.07) is 9.58. The number of rotatable bonds is 4. The number of hydrogen-bond donors (Lipinski definition) is 0. The van der Waals surface area contributed by atoms with Crippen LogP contribution in [-0.4, -0.2) is 12.4 Å². The van der Waals surface area contributed by atoms with E-state index in [1.54, 1.807) is 0 Å². The molecule has 21 heavy (non-hydrogen) atoms. The number of aryl methyl sites for hydroxylation is 3. The van der Waals surface area contributed by atoms with E-state index in [1.807, 2.05) is 51.1 Å². The van der Waals surface area contributed by atoms with Crippen LogP contribution in [0.5, 0.6) is 5.75 Å². The molecular formula is C17H16Br2O2. The van der Waals surface area contributed by atoms with Crippen molar-refractivity contribution in [1.29, 1.82) is 0 Å². The molecule has 2 aromatic carbocycles. The van der Waals surface area contributed by atoms with Gasteiger partial charge in [-0.3, -0.25) is 4.79 Å². The van der Waals surface area contributed by atoms with Gasteiger partial charge in [0.15, 0.2) is 12.4 Å². The Morgan fingerprint density at radius 1 is 1.00 bits per heavy atom. The molecule has 4 heteroatoms. The number of carbonyl (C=O) groups excluding carboxylic acids is 1. The minimum atomic E-state index is -0.00887. The highest BCUT2D eigenvalue weighted by atomic mass is 79.9. The Kier molecular flexibility index (Phi) is 5.22. The lowest BCUT2D eigenvalue weighted by Crippen LogP contribution is -2.13. The van der Waals surface area contributed by atoms with Gasteiger partial charge in [0.2, 0.25) is 0 Å². The van der Waals surface area contributed by atoms with Crippen molar-refractivity contribution < 1.29 is 9.53 Å². The van der Waals surface area contributed by atoms with Crippen molar-refractivity contribution >= 4 is 37.6 Å². The molecule has 0 saturated carbocycles. The number of halogens is 2. The van der Waals surface area contributed by atoms with Gasteiger partial charge in [0.05, 0.1) is 4.47 Å². The second-order valence-electron chi connectivity index (χ2n) is 5.04. The third-order valence-electron chi connectivity index (χ3n) is 3.39. The van der Waals surface area contributed by atoms with Gasteiger partial charge in [-0.05, 0) is 77.7 Å². The summed E-state index contributed by atoms with van der Waals surface area (Å²) in [7, 11) is 0. The first-order chi connectivity index (χ1) is 9.88.